The van der Waals surface area contributed by atoms with Gasteiger partial charge in [0.05, 0.1) is 18.8 Å². The molecule has 1 fully saturated rings. The lowest BCUT2D eigenvalue weighted by molar-refractivity contribution is -0.117. The van der Waals surface area contributed by atoms with Gasteiger partial charge in [-0.2, -0.15) is 0 Å². The van der Waals surface area contributed by atoms with E-state index in [1.54, 1.807) is 4.90 Å². The zero-order chi connectivity index (χ0) is 14.0. The van der Waals surface area contributed by atoms with Crippen molar-refractivity contribution in [3.05, 3.63) is 29.3 Å². The Balaban J connectivity index is 1.93. The molecule has 104 valence electrons. The Hall–Kier alpha value is -1.43. The number of likely N-dealkylation sites (tertiary alicyclic amines) is 1. The summed E-state index contributed by atoms with van der Waals surface area (Å²) in [6, 6.07) is 5.77. The number of benzene rings is 1. The molecule has 5 heteroatoms. The molecule has 2 atom stereocenters. The number of nitrogens with one attached hydrogen (secondary N) is 1. The van der Waals surface area contributed by atoms with E-state index in [2.05, 4.69) is 5.32 Å². The minimum absolute atomic E-state index is 0.130. The molecule has 0 bridgehead atoms. The van der Waals surface area contributed by atoms with E-state index in [0.717, 1.165) is 16.8 Å². The van der Waals surface area contributed by atoms with E-state index < -0.39 is 12.2 Å². The second-order valence-corrected chi connectivity index (χ2v) is 5.12. The number of hydrogen-bond donors (Lipinski definition) is 3. The smallest absolute Gasteiger partial charge is 0.238 e. The van der Waals surface area contributed by atoms with E-state index in [0.29, 0.717) is 13.1 Å². The number of rotatable bonds is 3. The molecule has 1 heterocycles. The van der Waals surface area contributed by atoms with Crippen LogP contribution in [0.4, 0.5) is 5.69 Å². The Morgan fingerprint density at radius 2 is 1.95 bits per heavy atom. The van der Waals surface area contributed by atoms with E-state index in [-0.39, 0.29) is 12.5 Å². The monoisotopic (exact) mass is 264 g/mol. The zero-order valence-corrected chi connectivity index (χ0v) is 11.3. The van der Waals surface area contributed by atoms with Crippen LogP contribution in [0.25, 0.3) is 0 Å². The molecule has 2 rings (SSSR count). The number of anilines is 1. The first kappa shape index (κ1) is 14.0. The van der Waals surface area contributed by atoms with Crippen LogP contribution in [0.15, 0.2) is 18.2 Å². The first-order valence-corrected chi connectivity index (χ1v) is 6.42. The molecule has 0 aromatic heterocycles. The normalized spacial score (nSPS) is 23.6. The third-order valence-electron chi connectivity index (χ3n) is 3.58. The van der Waals surface area contributed by atoms with Gasteiger partial charge < -0.3 is 15.5 Å². The average molecular weight is 264 g/mol. The minimum Gasteiger partial charge on any atom is -0.389 e. The fourth-order valence-electron chi connectivity index (χ4n) is 2.26. The summed E-state index contributed by atoms with van der Waals surface area (Å²) in [6.07, 6.45) is -1.51. The number of aliphatic hydroxyl groups is 2. The van der Waals surface area contributed by atoms with Gasteiger partial charge in [-0.05, 0) is 31.0 Å². The van der Waals surface area contributed by atoms with Crippen LogP contribution in [-0.4, -0.2) is 52.9 Å². The molecule has 0 saturated carbocycles. The van der Waals surface area contributed by atoms with E-state index >= 15 is 0 Å². The number of nitrogens with zero attached hydrogens (tertiary/aromatic N) is 1. The maximum atomic E-state index is 11.9. The summed E-state index contributed by atoms with van der Waals surface area (Å²) < 4.78 is 0. The summed E-state index contributed by atoms with van der Waals surface area (Å²) in [7, 11) is 0. The number of aliphatic hydroxyl groups excluding tert-OH is 2. The molecular formula is C14H20N2O3. The summed E-state index contributed by atoms with van der Waals surface area (Å²) in [5.41, 5.74) is 2.99. The Morgan fingerprint density at radius 1 is 1.32 bits per heavy atom. The van der Waals surface area contributed by atoms with E-state index in [9.17, 15) is 15.0 Å². The van der Waals surface area contributed by atoms with Crippen LogP contribution in [0.3, 0.4) is 0 Å². The van der Waals surface area contributed by atoms with Crippen molar-refractivity contribution in [2.45, 2.75) is 26.1 Å². The highest BCUT2D eigenvalue weighted by atomic mass is 16.3. The second-order valence-electron chi connectivity index (χ2n) is 5.12. The lowest BCUT2D eigenvalue weighted by atomic mass is 10.1. The number of carbonyl (C=O) groups excluding carboxylic acids is 1. The maximum Gasteiger partial charge on any atom is 0.238 e. The van der Waals surface area contributed by atoms with E-state index in [1.807, 2.05) is 32.0 Å². The maximum absolute atomic E-state index is 11.9. The molecule has 1 aromatic carbocycles. The molecule has 5 nitrogen and oxygen atoms in total. The largest absolute Gasteiger partial charge is 0.389 e. The van der Waals surface area contributed by atoms with Crippen molar-refractivity contribution in [1.29, 1.82) is 0 Å². The Morgan fingerprint density at radius 3 is 2.58 bits per heavy atom. The van der Waals surface area contributed by atoms with Crippen molar-refractivity contribution in [1.82, 2.24) is 4.90 Å². The molecule has 19 heavy (non-hydrogen) atoms. The number of amides is 1. The fourth-order valence-corrected chi connectivity index (χ4v) is 2.26. The Labute approximate surface area is 112 Å². The Bertz CT molecular complexity index is 466. The van der Waals surface area contributed by atoms with Gasteiger partial charge in [-0.15, -0.1) is 0 Å². The Kier molecular flexibility index (Phi) is 4.19. The SMILES string of the molecule is Cc1cccc(NC(=O)CN2CC(O)C(O)C2)c1C. The molecular weight excluding hydrogens is 244 g/mol. The first-order valence-electron chi connectivity index (χ1n) is 6.42. The van der Waals surface area contributed by atoms with Crippen molar-refractivity contribution in [2.75, 3.05) is 25.0 Å². The molecule has 2 unspecified atom stereocenters. The summed E-state index contributed by atoms with van der Waals surface area (Å²) in [5, 5.41) is 21.7. The van der Waals surface area contributed by atoms with Crippen molar-refractivity contribution in [3.8, 4) is 0 Å². The number of β-amino-alcohol motifs (C(OH)–C–C–N with tert-alkyl or cyclic N) is 2. The van der Waals surface area contributed by atoms with Crippen LogP contribution in [0.2, 0.25) is 0 Å². The van der Waals surface area contributed by atoms with Crippen molar-refractivity contribution >= 4 is 11.6 Å². The first-order chi connectivity index (χ1) is 8.97. The summed E-state index contributed by atoms with van der Waals surface area (Å²) in [5.74, 6) is -0.130. The predicted molar refractivity (Wildman–Crippen MR) is 73.0 cm³/mol. The quantitative estimate of drug-likeness (QED) is 0.733. The van der Waals surface area contributed by atoms with Crippen LogP contribution >= 0.6 is 0 Å². The molecule has 0 aliphatic carbocycles. The van der Waals surface area contributed by atoms with Gasteiger partial charge in [0.2, 0.25) is 5.91 Å². The topological polar surface area (TPSA) is 72.8 Å². The average Bonchev–Trinajstić information content (AvgIpc) is 2.64. The molecule has 0 spiro atoms. The molecule has 1 amide bonds. The fraction of sp³-hybridized carbons (Fsp3) is 0.500. The molecule has 1 aromatic rings. The van der Waals surface area contributed by atoms with Gasteiger partial charge in [-0.3, -0.25) is 9.69 Å². The van der Waals surface area contributed by atoms with Gasteiger partial charge in [0.25, 0.3) is 0 Å². The molecule has 1 saturated heterocycles. The van der Waals surface area contributed by atoms with Crippen LogP contribution in [-0.2, 0) is 4.79 Å². The van der Waals surface area contributed by atoms with Gasteiger partial charge in [-0.1, -0.05) is 12.1 Å². The highest BCUT2D eigenvalue weighted by Crippen LogP contribution is 2.18. The molecule has 3 N–H and O–H groups in total. The van der Waals surface area contributed by atoms with E-state index in [4.69, 9.17) is 0 Å². The van der Waals surface area contributed by atoms with Crippen molar-refractivity contribution in [2.24, 2.45) is 0 Å². The lowest BCUT2D eigenvalue weighted by Gasteiger charge is -2.15. The zero-order valence-electron chi connectivity index (χ0n) is 11.3. The van der Waals surface area contributed by atoms with Gasteiger partial charge in [-0.25, -0.2) is 0 Å². The minimum atomic E-state index is -0.756. The van der Waals surface area contributed by atoms with Gasteiger partial charge in [0.15, 0.2) is 0 Å². The molecule has 1 aliphatic heterocycles. The van der Waals surface area contributed by atoms with Gasteiger partial charge in [0.1, 0.15) is 0 Å². The summed E-state index contributed by atoms with van der Waals surface area (Å²) in [6.45, 7) is 4.82. The number of hydrogen-bond acceptors (Lipinski definition) is 4. The predicted octanol–water partition coefficient (Wildman–Crippen LogP) is 0.279. The lowest BCUT2D eigenvalue weighted by Crippen LogP contribution is -2.32. The second kappa shape index (κ2) is 5.69. The molecule has 0 radical (unpaired) electrons. The van der Waals surface area contributed by atoms with E-state index in [1.165, 1.54) is 0 Å². The van der Waals surface area contributed by atoms with Crippen LogP contribution in [0, 0.1) is 13.8 Å². The van der Waals surface area contributed by atoms with Crippen molar-refractivity contribution in [3.63, 3.8) is 0 Å². The van der Waals surface area contributed by atoms with Crippen LogP contribution < -0.4 is 5.32 Å². The summed E-state index contributed by atoms with van der Waals surface area (Å²) in [4.78, 5) is 13.7. The third-order valence-corrected chi connectivity index (χ3v) is 3.58. The highest BCUT2D eigenvalue weighted by Gasteiger charge is 2.30. The number of carbonyl (C=O) groups is 1. The summed E-state index contributed by atoms with van der Waals surface area (Å²) >= 11 is 0. The van der Waals surface area contributed by atoms with Gasteiger partial charge >= 0.3 is 0 Å². The third kappa shape index (κ3) is 3.32. The van der Waals surface area contributed by atoms with Crippen molar-refractivity contribution < 1.29 is 15.0 Å². The highest BCUT2D eigenvalue weighted by molar-refractivity contribution is 5.93. The van der Waals surface area contributed by atoms with Crippen LogP contribution in [0.5, 0.6) is 0 Å². The number of aryl methyl sites for hydroxylation is 1. The standard InChI is InChI=1S/C14H20N2O3/c1-9-4-3-5-11(10(9)2)15-14(19)8-16-6-12(17)13(18)7-16/h3-5,12-13,17-18H,6-8H2,1-2H3,(H,15,19). The van der Waals surface area contributed by atoms with Gasteiger partial charge in [0, 0.05) is 18.8 Å². The van der Waals surface area contributed by atoms with Crippen LogP contribution in [0.1, 0.15) is 11.1 Å². The molecule has 1 aliphatic rings.